The largest absolute Gasteiger partial charge is 1.00 e. The predicted octanol–water partition coefficient (Wildman–Crippen LogP) is 2.77. The molecule has 0 saturated carbocycles. The van der Waals surface area contributed by atoms with Gasteiger partial charge >= 0.3 is 2.85 Å². The van der Waals surface area contributed by atoms with Crippen LogP contribution in [0.25, 0.3) is 0 Å². The average Bonchev–Trinajstić information content (AvgIpc) is 0. The van der Waals surface area contributed by atoms with Crippen LogP contribution in [0.5, 0.6) is 0 Å². The van der Waals surface area contributed by atoms with Gasteiger partial charge in [-0.05, 0) is 0 Å². The van der Waals surface area contributed by atoms with Gasteiger partial charge in [-0.2, -0.15) is 0 Å². The van der Waals surface area contributed by atoms with Gasteiger partial charge in [-0.25, -0.2) is 0 Å². The summed E-state index contributed by atoms with van der Waals surface area (Å²) in [4.78, 5) is 0. The van der Waals surface area contributed by atoms with Gasteiger partial charge < -0.3 is 0 Å². The predicted molar refractivity (Wildman–Crippen MR) is 29.1 cm³/mol. The van der Waals surface area contributed by atoms with Gasteiger partial charge in [-0.1, -0.05) is 29.7 Å². The van der Waals surface area contributed by atoms with Crippen LogP contribution in [0.3, 0.4) is 0 Å². The van der Waals surface area contributed by atoms with Gasteiger partial charge in [0, 0.05) is 0 Å². The molecule has 0 spiro atoms. The monoisotopic (exact) mass is 66.1 g/mol. The zero-order valence-electron chi connectivity index (χ0n) is 2.00. The van der Waals surface area contributed by atoms with Crippen LogP contribution >= 0.6 is 0 Å². The lowest BCUT2D eigenvalue weighted by Crippen LogP contribution is 0.143. The minimum Gasteiger partial charge on any atom is -0.0776 e. The van der Waals surface area contributed by atoms with Crippen molar-refractivity contribution in [2.24, 2.45) is 0 Å². The van der Waals surface area contributed by atoms with Gasteiger partial charge in [0.05, 0.1) is 0 Å². The first-order valence-electron chi connectivity index (χ1n) is 0. The topological polar surface area (TPSA) is 0 Å². The zero-order valence-corrected chi connectivity index (χ0v) is 0. The quantitative estimate of drug-likeness (QED) is 0.408. The molecule has 0 rings (SSSR count). The summed E-state index contributed by atoms with van der Waals surface area (Å²) in [6.07, 6.45) is 0. The maximum absolute atomic E-state index is 0. The molecule has 0 aromatic heterocycles. The van der Waals surface area contributed by atoms with Crippen molar-refractivity contribution in [1.29, 1.82) is 0 Å². The minimum atomic E-state index is 0. The summed E-state index contributed by atoms with van der Waals surface area (Å²) < 4.78 is 0. The summed E-state index contributed by atoms with van der Waals surface area (Å²) in [5.41, 5.74) is 0. The standard InChI is InChI=1S/4CH4/h4*1H4/p+2. The summed E-state index contributed by atoms with van der Waals surface area (Å²) in [5.74, 6) is 0. The second kappa shape index (κ2) is 0. The number of rotatable bonds is 0. The van der Waals surface area contributed by atoms with Gasteiger partial charge in [0.15, 0.2) is 0 Å². The van der Waals surface area contributed by atoms with E-state index in [2.05, 4.69) is 0 Å². The number of hydrogen-bond acceptors (Lipinski definition) is 0. The Labute approximate surface area is 33.8 Å². The molecule has 0 aromatic carbocycles. The second-order valence-corrected chi connectivity index (χ2v) is 0. The summed E-state index contributed by atoms with van der Waals surface area (Å²) >= 11 is 0. The van der Waals surface area contributed by atoms with E-state index in [9.17, 15) is 0 Å². The molecular weight excluding hydrogens is 48.0 g/mol. The molecular formula is C4H18+2. The fourth-order valence-corrected chi connectivity index (χ4v) is 0. The fraction of sp³-hybridized carbons (Fsp3) is 1.00. The molecule has 0 radical (unpaired) electrons. The van der Waals surface area contributed by atoms with Crippen LogP contribution in [0.15, 0.2) is 0 Å². The number of hydrogen-bond donors (Lipinski definition) is 0. The molecule has 0 aliphatic carbocycles. The van der Waals surface area contributed by atoms with E-state index in [4.69, 9.17) is 0 Å². The van der Waals surface area contributed by atoms with Gasteiger partial charge in [0.1, 0.15) is 0 Å². The summed E-state index contributed by atoms with van der Waals surface area (Å²) in [6.45, 7) is 0. The lowest BCUT2D eigenvalue weighted by atomic mass is 12.0. The molecule has 0 heterocycles. The van der Waals surface area contributed by atoms with Gasteiger partial charge in [0.2, 0.25) is 0 Å². The van der Waals surface area contributed by atoms with Crippen molar-refractivity contribution in [2.45, 2.75) is 29.7 Å². The molecule has 0 atom stereocenters. The Balaban J connectivity index is 0. The van der Waals surface area contributed by atoms with Crippen molar-refractivity contribution in [1.82, 2.24) is 0 Å². The molecule has 0 nitrogen and oxygen atoms in total. The Hall–Kier alpha value is 0. The first kappa shape index (κ1) is 0. The maximum atomic E-state index is 0. The van der Waals surface area contributed by atoms with Crippen molar-refractivity contribution >= 4 is 0 Å². The Bertz CT molecular complexity index is 5.51. The third-order valence-electron chi connectivity index (χ3n) is 0. The van der Waals surface area contributed by atoms with E-state index in [0.29, 0.717) is 0 Å². The van der Waals surface area contributed by atoms with Crippen molar-refractivity contribution in [3.63, 3.8) is 0 Å². The molecule has 0 fully saturated rings. The highest BCUT2D eigenvalue weighted by molar-refractivity contribution is 2.51. The smallest absolute Gasteiger partial charge is 0.0776 e. The average molecular weight is 66.2 g/mol. The van der Waals surface area contributed by atoms with Crippen LogP contribution in [0.4, 0.5) is 0 Å². The molecule has 0 aliphatic heterocycles. The third-order valence-corrected chi connectivity index (χ3v) is 0. The Morgan fingerprint density at radius 2 is 0.500 bits per heavy atom. The van der Waals surface area contributed by atoms with E-state index in [1.807, 2.05) is 0 Å². The van der Waals surface area contributed by atoms with E-state index in [1.54, 1.807) is 0 Å². The van der Waals surface area contributed by atoms with Crippen LogP contribution in [0.1, 0.15) is 32.6 Å². The highest BCUT2D eigenvalue weighted by Gasteiger charge is -0.0746. The Kier molecular flexibility index (Phi) is 0. The first-order chi connectivity index (χ1) is 0. The van der Waals surface area contributed by atoms with Crippen LogP contribution in [0.2, 0.25) is 0 Å². The highest BCUT2D eigenvalue weighted by atomic mass is 12.0. The summed E-state index contributed by atoms with van der Waals surface area (Å²) in [6, 6.07) is 0. The van der Waals surface area contributed by atoms with Gasteiger partial charge in [-0.15, -0.1) is 0 Å². The van der Waals surface area contributed by atoms with E-state index in [1.165, 1.54) is 0 Å². The summed E-state index contributed by atoms with van der Waals surface area (Å²) in [7, 11) is 0. The van der Waals surface area contributed by atoms with Crippen LogP contribution < -0.4 is 0 Å². The molecule has 0 saturated heterocycles. The molecule has 0 heteroatoms. The lowest BCUT2D eigenvalue weighted by molar-refractivity contribution is 2.50. The minimum absolute atomic E-state index is 0. The molecule has 0 bridgehead atoms. The van der Waals surface area contributed by atoms with Gasteiger partial charge in [-0.3, -0.25) is 0 Å². The van der Waals surface area contributed by atoms with E-state index < -0.39 is 0 Å². The Morgan fingerprint density at radius 3 is 0.500 bits per heavy atom. The SMILES string of the molecule is C.C.C.C.[H+].[H+]. The Morgan fingerprint density at radius 1 is 0.500 bits per heavy atom. The molecule has 32 valence electrons. The van der Waals surface area contributed by atoms with Gasteiger partial charge in [0.25, 0.3) is 0 Å². The van der Waals surface area contributed by atoms with Crippen molar-refractivity contribution in [3.8, 4) is 0 Å². The van der Waals surface area contributed by atoms with E-state index in [0.717, 1.165) is 0 Å². The van der Waals surface area contributed by atoms with Crippen LogP contribution in [-0.2, 0) is 0 Å². The molecule has 0 unspecified atom stereocenters. The summed E-state index contributed by atoms with van der Waals surface area (Å²) in [5, 5.41) is 0. The fourth-order valence-electron chi connectivity index (χ4n) is 0. The van der Waals surface area contributed by atoms with E-state index >= 15 is 0 Å². The van der Waals surface area contributed by atoms with Crippen LogP contribution in [0, 0.1) is 0 Å². The van der Waals surface area contributed by atoms with Crippen molar-refractivity contribution in [2.75, 3.05) is 0 Å². The lowest BCUT2D eigenvalue weighted by Gasteiger charge is -0.0786. The zero-order chi connectivity index (χ0) is 0. The first-order valence-corrected chi connectivity index (χ1v) is 0. The third kappa shape index (κ3) is 0. The normalized spacial score (nSPS) is 0. The molecule has 0 aromatic rings. The second-order valence-electron chi connectivity index (χ2n) is 0. The molecule has 0 amide bonds. The molecule has 0 aliphatic rings. The molecule has 4 heavy (non-hydrogen) atoms. The molecule has 0 N–H and O–H groups in total. The highest BCUT2D eigenvalue weighted by Crippen LogP contribution is 0.147. The van der Waals surface area contributed by atoms with Crippen molar-refractivity contribution in [3.05, 3.63) is 0 Å². The van der Waals surface area contributed by atoms with Crippen LogP contribution in [-0.4, -0.2) is 0 Å². The van der Waals surface area contributed by atoms with Crippen molar-refractivity contribution < 1.29 is 2.85 Å². The maximum Gasteiger partial charge on any atom is 1.00 e. The van der Waals surface area contributed by atoms with E-state index in [-0.39, 0.29) is 32.6 Å².